The van der Waals surface area contributed by atoms with Gasteiger partial charge >= 0.3 is 0 Å². The van der Waals surface area contributed by atoms with Gasteiger partial charge in [0, 0.05) is 12.6 Å². The van der Waals surface area contributed by atoms with Gasteiger partial charge in [-0.05, 0) is 26.2 Å². The molecule has 2 aromatic heterocycles. The van der Waals surface area contributed by atoms with Gasteiger partial charge in [-0.25, -0.2) is 15.0 Å². The highest BCUT2D eigenvalue weighted by Crippen LogP contribution is 2.22. The van der Waals surface area contributed by atoms with Crippen molar-refractivity contribution in [2.45, 2.75) is 13.1 Å². The standard InChI is InChI=1S/C15H17N5S/c1-20(2)9-11-7-14(18-10-17-11)16-8-15-19-12-5-3-4-6-13(12)21-15/h3-7,10H,8-9H2,1-2H3,(H,16,17,18). The van der Waals surface area contributed by atoms with Crippen molar-refractivity contribution in [2.75, 3.05) is 19.4 Å². The van der Waals surface area contributed by atoms with Crippen molar-refractivity contribution in [1.82, 2.24) is 19.9 Å². The van der Waals surface area contributed by atoms with Gasteiger partial charge in [0.25, 0.3) is 0 Å². The number of para-hydroxylation sites is 1. The highest BCUT2D eigenvalue weighted by atomic mass is 32.1. The minimum absolute atomic E-state index is 0.678. The molecule has 6 heteroatoms. The molecule has 0 fully saturated rings. The summed E-state index contributed by atoms with van der Waals surface area (Å²) in [5.74, 6) is 0.834. The summed E-state index contributed by atoms with van der Waals surface area (Å²) in [6.45, 7) is 1.48. The van der Waals surface area contributed by atoms with Gasteiger partial charge in [-0.15, -0.1) is 11.3 Å². The molecular weight excluding hydrogens is 282 g/mol. The highest BCUT2D eigenvalue weighted by Gasteiger charge is 2.04. The highest BCUT2D eigenvalue weighted by molar-refractivity contribution is 7.18. The summed E-state index contributed by atoms with van der Waals surface area (Å²) < 4.78 is 1.21. The van der Waals surface area contributed by atoms with Crippen LogP contribution in [0, 0.1) is 0 Å². The van der Waals surface area contributed by atoms with Crippen molar-refractivity contribution in [1.29, 1.82) is 0 Å². The first-order valence-corrected chi connectivity index (χ1v) is 7.56. The summed E-state index contributed by atoms with van der Waals surface area (Å²) in [5, 5.41) is 4.37. The Morgan fingerprint density at radius 2 is 2.05 bits per heavy atom. The molecule has 108 valence electrons. The number of thiazole rings is 1. The van der Waals surface area contributed by atoms with Crippen LogP contribution in [0.5, 0.6) is 0 Å². The molecule has 1 aromatic carbocycles. The maximum Gasteiger partial charge on any atom is 0.129 e. The molecule has 0 aliphatic heterocycles. The average molecular weight is 299 g/mol. The minimum Gasteiger partial charge on any atom is -0.363 e. The predicted molar refractivity (Wildman–Crippen MR) is 86.4 cm³/mol. The van der Waals surface area contributed by atoms with Crippen molar-refractivity contribution >= 4 is 27.4 Å². The molecule has 0 amide bonds. The van der Waals surface area contributed by atoms with E-state index in [9.17, 15) is 0 Å². The van der Waals surface area contributed by atoms with Crippen molar-refractivity contribution in [3.8, 4) is 0 Å². The van der Waals surface area contributed by atoms with E-state index < -0.39 is 0 Å². The maximum absolute atomic E-state index is 4.60. The van der Waals surface area contributed by atoms with Crippen molar-refractivity contribution in [3.05, 3.63) is 47.4 Å². The van der Waals surface area contributed by atoms with Crippen LogP contribution >= 0.6 is 11.3 Å². The Bertz CT molecular complexity index is 705. The van der Waals surface area contributed by atoms with E-state index in [1.54, 1.807) is 17.7 Å². The Balaban J connectivity index is 1.69. The molecule has 5 nitrogen and oxygen atoms in total. The van der Waals surface area contributed by atoms with Crippen LogP contribution in [0.1, 0.15) is 10.7 Å². The molecule has 2 heterocycles. The summed E-state index contributed by atoms with van der Waals surface area (Å²) in [5.41, 5.74) is 2.05. The number of anilines is 1. The van der Waals surface area contributed by atoms with Gasteiger partial charge in [0.05, 0.1) is 22.5 Å². The topological polar surface area (TPSA) is 53.9 Å². The van der Waals surface area contributed by atoms with E-state index in [0.717, 1.165) is 28.6 Å². The van der Waals surface area contributed by atoms with Crippen LogP contribution < -0.4 is 5.32 Å². The van der Waals surface area contributed by atoms with Gasteiger partial charge in [0.2, 0.25) is 0 Å². The Hall–Kier alpha value is -2.05. The van der Waals surface area contributed by atoms with Crippen LogP contribution in [0.15, 0.2) is 36.7 Å². The number of hydrogen-bond acceptors (Lipinski definition) is 6. The summed E-state index contributed by atoms with van der Waals surface area (Å²) in [6.07, 6.45) is 1.60. The molecular formula is C15H17N5S. The third kappa shape index (κ3) is 3.53. The van der Waals surface area contributed by atoms with E-state index in [4.69, 9.17) is 0 Å². The second-order valence-electron chi connectivity index (χ2n) is 5.06. The summed E-state index contributed by atoms with van der Waals surface area (Å²) >= 11 is 1.71. The molecule has 3 rings (SSSR count). The average Bonchev–Trinajstić information content (AvgIpc) is 2.87. The zero-order chi connectivity index (χ0) is 14.7. The number of nitrogens with zero attached hydrogens (tertiary/aromatic N) is 4. The molecule has 0 saturated carbocycles. The maximum atomic E-state index is 4.60. The van der Waals surface area contributed by atoms with E-state index in [1.807, 2.05) is 38.4 Å². The van der Waals surface area contributed by atoms with Crippen LogP contribution in [-0.2, 0) is 13.1 Å². The van der Waals surface area contributed by atoms with Crippen LogP contribution in [0.3, 0.4) is 0 Å². The number of benzene rings is 1. The molecule has 0 saturated heterocycles. The Morgan fingerprint density at radius 1 is 1.19 bits per heavy atom. The summed E-state index contributed by atoms with van der Waals surface area (Å²) in [6, 6.07) is 10.2. The van der Waals surface area contributed by atoms with Gasteiger partial charge in [0.1, 0.15) is 17.2 Å². The lowest BCUT2D eigenvalue weighted by Crippen LogP contribution is -2.12. The first-order valence-electron chi connectivity index (χ1n) is 6.75. The van der Waals surface area contributed by atoms with Gasteiger partial charge < -0.3 is 10.2 Å². The molecule has 0 spiro atoms. The number of fused-ring (bicyclic) bond motifs is 1. The summed E-state index contributed by atoms with van der Waals surface area (Å²) in [7, 11) is 4.05. The Labute approximate surface area is 127 Å². The molecule has 0 aliphatic rings. The van der Waals surface area contributed by atoms with Crippen molar-refractivity contribution in [2.24, 2.45) is 0 Å². The van der Waals surface area contributed by atoms with Crippen molar-refractivity contribution < 1.29 is 0 Å². The van der Waals surface area contributed by atoms with Gasteiger partial charge in [-0.3, -0.25) is 0 Å². The molecule has 0 aliphatic carbocycles. The Morgan fingerprint density at radius 3 is 2.86 bits per heavy atom. The van der Waals surface area contributed by atoms with Crippen molar-refractivity contribution in [3.63, 3.8) is 0 Å². The minimum atomic E-state index is 0.678. The normalized spacial score (nSPS) is 11.2. The van der Waals surface area contributed by atoms with E-state index in [-0.39, 0.29) is 0 Å². The van der Waals surface area contributed by atoms with Crippen LogP contribution in [0.25, 0.3) is 10.2 Å². The van der Waals surface area contributed by atoms with E-state index in [1.165, 1.54) is 4.70 Å². The molecule has 1 N–H and O–H groups in total. The molecule has 0 atom stereocenters. The molecule has 0 radical (unpaired) electrons. The van der Waals surface area contributed by atoms with Crippen LogP contribution in [0.4, 0.5) is 5.82 Å². The van der Waals surface area contributed by atoms with E-state index >= 15 is 0 Å². The van der Waals surface area contributed by atoms with Crippen LogP contribution in [-0.4, -0.2) is 33.9 Å². The van der Waals surface area contributed by atoms with Gasteiger partial charge in [-0.2, -0.15) is 0 Å². The zero-order valence-electron chi connectivity index (χ0n) is 12.1. The summed E-state index contributed by atoms with van der Waals surface area (Å²) in [4.78, 5) is 15.2. The zero-order valence-corrected chi connectivity index (χ0v) is 12.9. The molecule has 3 aromatic rings. The van der Waals surface area contributed by atoms with E-state index in [2.05, 4.69) is 31.2 Å². The van der Waals surface area contributed by atoms with E-state index in [0.29, 0.717) is 6.54 Å². The second-order valence-corrected chi connectivity index (χ2v) is 6.18. The fraction of sp³-hybridized carbons (Fsp3) is 0.267. The Kier molecular flexibility index (Phi) is 4.08. The first-order chi connectivity index (χ1) is 10.2. The number of rotatable bonds is 5. The smallest absolute Gasteiger partial charge is 0.129 e. The van der Waals surface area contributed by atoms with Gasteiger partial charge in [-0.1, -0.05) is 12.1 Å². The fourth-order valence-corrected chi connectivity index (χ4v) is 2.97. The fourth-order valence-electron chi connectivity index (χ4n) is 2.07. The van der Waals surface area contributed by atoms with Gasteiger partial charge in [0.15, 0.2) is 0 Å². The quantitative estimate of drug-likeness (QED) is 0.785. The number of hydrogen-bond donors (Lipinski definition) is 1. The third-order valence-corrected chi connectivity index (χ3v) is 4.00. The predicted octanol–water partition coefficient (Wildman–Crippen LogP) is 2.76. The first kappa shape index (κ1) is 13.9. The lowest BCUT2D eigenvalue weighted by molar-refractivity contribution is 0.396. The monoisotopic (exact) mass is 299 g/mol. The largest absolute Gasteiger partial charge is 0.363 e. The molecule has 21 heavy (non-hydrogen) atoms. The lowest BCUT2D eigenvalue weighted by Gasteiger charge is -2.09. The number of aromatic nitrogens is 3. The SMILES string of the molecule is CN(C)Cc1cc(NCc2nc3ccccc3s2)ncn1. The number of nitrogens with one attached hydrogen (secondary N) is 1. The van der Waals surface area contributed by atoms with Crippen LogP contribution in [0.2, 0.25) is 0 Å². The lowest BCUT2D eigenvalue weighted by atomic mass is 10.3. The third-order valence-electron chi connectivity index (χ3n) is 2.96. The second kappa shape index (κ2) is 6.15. The molecule has 0 unspecified atom stereocenters. The molecule has 0 bridgehead atoms.